The van der Waals surface area contributed by atoms with Gasteiger partial charge < -0.3 is 25.4 Å². The number of H-pyrrole nitrogens is 1. The third kappa shape index (κ3) is 2.97. The minimum absolute atomic E-state index is 0.0268. The van der Waals surface area contributed by atoms with Gasteiger partial charge in [-0.25, -0.2) is 4.79 Å². The number of aromatic nitrogens is 1. The SMILES string of the molecule is O=C(O)CC(O)C(O)c1ccc2[nH]cc(C(=O)O)c(=O)c2c1. The molecule has 2 atom stereocenters. The third-order valence-corrected chi connectivity index (χ3v) is 3.23. The summed E-state index contributed by atoms with van der Waals surface area (Å²) in [5.41, 5.74) is -0.707. The summed E-state index contributed by atoms with van der Waals surface area (Å²) >= 11 is 0. The molecular weight excluding hydrogens is 294 g/mol. The van der Waals surface area contributed by atoms with Gasteiger partial charge in [0, 0.05) is 17.1 Å². The molecule has 1 aromatic carbocycles. The first kappa shape index (κ1) is 15.7. The standard InChI is InChI=1S/C14H13NO7/c16-10(4-11(17)18)12(19)6-1-2-9-7(3-6)13(20)8(5-15-9)14(21)22/h1-3,5,10,12,16,19H,4H2,(H,15,20)(H,17,18)(H,21,22). The highest BCUT2D eigenvalue weighted by Gasteiger charge is 2.22. The van der Waals surface area contributed by atoms with Crippen LogP contribution in [0.3, 0.4) is 0 Å². The summed E-state index contributed by atoms with van der Waals surface area (Å²) in [6, 6.07) is 4.08. The normalized spacial score (nSPS) is 13.7. The van der Waals surface area contributed by atoms with Crippen molar-refractivity contribution < 1.29 is 30.0 Å². The monoisotopic (exact) mass is 307 g/mol. The fourth-order valence-electron chi connectivity index (χ4n) is 2.09. The maximum Gasteiger partial charge on any atom is 0.341 e. The first-order valence-corrected chi connectivity index (χ1v) is 6.28. The van der Waals surface area contributed by atoms with Gasteiger partial charge >= 0.3 is 11.9 Å². The van der Waals surface area contributed by atoms with Crippen LogP contribution in [0.2, 0.25) is 0 Å². The molecule has 0 spiro atoms. The molecule has 0 aliphatic heterocycles. The van der Waals surface area contributed by atoms with Crippen molar-refractivity contribution in [3.8, 4) is 0 Å². The lowest BCUT2D eigenvalue weighted by atomic mass is 9.99. The number of nitrogens with one attached hydrogen (secondary N) is 1. The number of carboxylic acids is 2. The van der Waals surface area contributed by atoms with Crippen molar-refractivity contribution >= 4 is 22.8 Å². The smallest absolute Gasteiger partial charge is 0.341 e. The Morgan fingerprint density at radius 3 is 2.45 bits per heavy atom. The first-order valence-electron chi connectivity index (χ1n) is 6.28. The van der Waals surface area contributed by atoms with Crippen molar-refractivity contribution in [2.75, 3.05) is 0 Å². The number of carbonyl (C=O) groups is 2. The zero-order valence-electron chi connectivity index (χ0n) is 11.2. The largest absolute Gasteiger partial charge is 0.481 e. The van der Waals surface area contributed by atoms with E-state index in [4.69, 9.17) is 10.2 Å². The lowest BCUT2D eigenvalue weighted by Gasteiger charge is -2.16. The van der Waals surface area contributed by atoms with Crippen molar-refractivity contribution in [3.63, 3.8) is 0 Å². The van der Waals surface area contributed by atoms with Crippen LogP contribution < -0.4 is 5.43 Å². The van der Waals surface area contributed by atoms with Crippen LogP contribution >= 0.6 is 0 Å². The number of hydrogen-bond donors (Lipinski definition) is 5. The van der Waals surface area contributed by atoms with E-state index in [1.165, 1.54) is 18.2 Å². The molecule has 0 saturated carbocycles. The maximum atomic E-state index is 12.1. The van der Waals surface area contributed by atoms with Crippen LogP contribution in [0.5, 0.6) is 0 Å². The van der Waals surface area contributed by atoms with Crippen LogP contribution in [0.25, 0.3) is 10.9 Å². The van der Waals surface area contributed by atoms with Crippen LogP contribution in [0.1, 0.15) is 28.4 Å². The van der Waals surface area contributed by atoms with E-state index >= 15 is 0 Å². The molecule has 0 fully saturated rings. The molecule has 0 radical (unpaired) electrons. The minimum Gasteiger partial charge on any atom is -0.481 e. The highest BCUT2D eigenvalue weighted by molar-refractivity contribution is 5.92. The second-order valence-electron chi connectivity index (χ2n) is 4.75. The van der Waals surface area contributed by atoms with Gasteiger partial charge in [0.1, 0.15) is 11.7 Å². The molecule has 0 bridgehead atoms. The number of benzene rings is 1. The van der Waals surface area contributed by atoms with E-state index in [1.807, 2.05) is 0 Å². The Morgan fingerprint density at radius 2 is 1.86 bits per heavy atom. The molecule has 1 aromatic heterocycles. The number of aliphatic hydroxyl groups is 2. The summed E-state index contributed by atoms with van der Waals surface area (Å²) in [5, 5.41) is 37.1. The Morgan fingerprint density at radius 1 is 1.18 bits per heavy atom. The topological polar surface area (TPSA) is 148 Å². The van der Waals surface area contributed by atoms with E-state index in [2.05, 4.69) is 4.98 Å². The fourth-order valence-corrected chi connectivity index (χ4v) is 2.09. The molecule has 2 rings (SSSR count). The number of aliphatic hydroxyl groups excluding tert-OH is 2. The molecule has 0 aliphatic rings. The summed E-state index contributed by atoms with van der Waals surface area (Å²) in [7, 11) is 0. The first-order chi connectivity index (χ1) is 10.3. The second kappa shape index (κ2) is 5.96. The van der Waals surface area contributed by atoms with Gasteiger partial charge in [0.25, 0.3) is 0 Å². The summed E-state index contributed by atoms with van der Waals surface area (Å²) in [4.78, 5) is 36.2. The van der Waals surface area contributed by atoms with Gasteiger partial charge in [0.15, 0.2) is 0 Å². The van der Waals surface area contributed by atoms with Gasteiger partial charge in [-0.15, -0.1) is 0 Å². The molecule has 0 aliphatic carbocycles. The summed E-state index contributed by atoms with van der Waals surface area (Å²) in [6.45, 7) is 0. The molecule has 2 aromatic rings. The van der Waals surface area contributed by atoms with E-state index in [9.17, 15) is 24.6 Å². The van der Waals surface area contributed by atoms with Crippen molar-refractivity contribution in [3.05, 3.63) is 45.7 Å². The fraction of sp³-hybridized carbons (Fsp3) is 0.214. The molecule has 0 amide bonds. The van der Waals surface area contributed by atoms with Crippen molar-refractivity contribution in [2.45, 2.75) is 18.6 Å². The summed E-state index contributed by atoms with van der Waals surface area (Å²) in [6.07, 6.45) is -2.64. The number of pyridine rings is 1. The number of aromatic carboxylic acids is 1. The van der Waals surface area contributed by atoms with E-state index in [0.29, 0.717) is 5.52 Å². The Labute approximate surface area is 123 Å². The molecule has 22 heavy (non-hydrogen) atoms. The zero-order valence-corrected chi connectivity index (χ0v) is 11.2. The Kier molecular flexibility index (Phi) is 4.25. The number of carboxylic acid groups (broad SMARTS) is 2. The van der Waals surface area contributed by atoms with E-state index in [1.54, 1.807) is 0 Å². The van der Waals surface area contributed by atoms with E-state index in [-0.39, 0.29) is 10.9 Å². The Bertz CT molecular complexity index is 795. The predicted octanol–water partition coefficient (Wildman–Crippen LogP) is 0.0953. The maximum absolute atomic E-state index is 12.1. The van der Waals surface area contributed by atoms with Gasteiger partial charge in [0.2, 0.25) is 5.43 Å². The number of aliphatic carboxylic acids is 1. The number of fused-ring (bicyclic) bond motifs is 1. The zero-order chi connectivity index (χ0) is 16.4. The van der Waals surface area contributed by atoms with Crippen molar-refractivity contribution in [1.29, 1.82) is 0 Å². The van der Waals surface area contributed by atoms with E-state index < -0.39 is 41.6 Å². The quantitative estimate of drug-likeness (QED) is 0.526. The summed E-state index contributed by atoms with van der Waals surface area (Å²) < 4.78 is 0. The lowest BCUT2D eigenvalue weighted by Crippen LogP contribution is -2.22. The van der Waals surface area contributed by atoms with Crippen LogP contribution in [0.15, 0.2) is 29.2 Å². The average Bonchev–Trinajstić information content (AvgIpc) is 2.45. The molecule has 2 unspecified atom stereocenters. The van der Waals surface area contributed by atoms with Crippen LogP contribution in [-0.4, -0.2) is 43.5 Å². The molecule has 1 heterocycles. The molecule has 8 nitrogen and oxygen atoms in total. The molecule has 116 valence electrons. The Hall–Kier alpha value is -2.71. The van der Waals surface area contributed by atoms with Gasteiger partial charge in [-0.2, -0.15) is 0 Å². The van der Waals surface area contributed by atoms with Crippen molar-refractivity contribution in [2.24, 2.45) is 0 Å². The van der Waals surface area contributed by atoms with Crippen LogP contribution in [0.4, 0.5) is 0 Å². The van der Waals surface area contributed by atoms with Gasteiger partial charge in [-0.1, -0.05) is 6.07 Å². The van der Waals surface area contributed by atoms with Gasteiger partial charge in [-0.3, -0.25) is 9.59 Å². The van der Waals surface area contributed by atoms with Crippen LogP contribution in [0, 0.1) is 0 Å². The number of rotatable bonds is 5. The summed E-state index contributed by atoms with van der Waals surface area (Å²) in [5.74, 6) is -2.67. The Balaban J connectivity index is 2.49. The third-order valence-electron chi connectivity index (χ3n) is 3.23. The lowest BCUT2D eigenvalue weighted by molar-refractivity contribution is -0.141. The van der Waals surface area contributed by atoms with E-state index in [0.717, 1.165) is 6.20 Å². The van der Waals surface area contributed by atoms with Gasteiger partial charge in [0.05, 0.1) is 12.5 Å². The average molecular weight is 307 g/mol. The number of hydrogen-bond acceptors (Lipinski definition) is 5. The minimum atomic E-state index is -1.54. The molecule has 5 N–H and O–H groups in total. The molecule has 8 heteroatoms. The molecule has 0 saturated heterocycles. The van der Waals surface area contributed by atoms with Gasteiger partial charge in [-0.05, 0) is 17.7 Å². The molecular formula is C14H13NO7. The highest BCUT2D eigenvalue weighted by atomic mass is 16.4. The number of aromatic amines is 1. The predicted molar refractivity (Wildman–Crippen MR) is 74.7 cm³/mol. The highest BCUT2D eigenvalue weighted by Crippen LogP contribution is 2.22. The second-order valence-corrected chi connectivity index (χ2v) is 4.75. The van der Waals surface area contributed by atoms with Crippen molar-refractivity contribution in [1.82, 2.24) is 4.98 Å². The van der Waals surface area contributed by atoms with Crippen LogP contribution in [-0.2, 0) is 4.79 Å².